The van der Waals surface area contributed by atoms with Crippen molar-refractivity contribution < 1.29 is 9.47 Å². The zero-order chi connectivity index (χ0) is 25.5. The molecule has 4 aromatic rings. The molecule has 0 bridgehead atoms. The van der Waals surface area contributed by atoms with E-state index in [1.165, 1.54) is 11.1 Å². The summed E-state index contributed by atoms with van der Waals surface area (Å²) in [6.07, 6.45) is 0.782. The number of rotatable bonds is 10. The molecule has 3 aromatic carbocycles. The van der Waals surface area contributed by atoms with E-state index in [1.54, 1.807) is 14.2 Å². The number of benzene rings is 3. The van der Waals surface area contributed by atoms with Gasteiger partial charge in [-0.25, -0.2) is 4.68 Å². The molecule has 5 rings (SSSR count). The normalized spacial score (nSPS) is 15.4. The third-order valence-corrected chi connectivity index (χ3v) is 7.00. The van der Waals surface area contributed by atoms with Gasteiger partial charge in [-0.2, -0.15) is 0 Å². The summed E-state index contributed by atoms with van der Waals surface area (Å²) >= 11 is 0. The minimum atomic E-state index is 0.000443. The van der Waals surface area contributed by atoms with Crippen LogP contribution in [0, 0.1) is 0 Å². The van der Waals surface area contributed by atoms with Crippen molar-refractivity contribution in [2.75, 3.05) is 40.4 Å². The zero-order valence-corrected chi connectivity index (χ0v) is 21.5. The Morgan fingerprint density at radius 2 is 1.49 bits per heavy atom. The van der Waals surface area contributed by atoms with Crippen LogP contribution in [-0.2, 0) is 19.5 Å². The van der Waals surface area contributed by atoms with Crippen molar-refractivity contribution in [2.24, 2.45) is 0 Å². The molecule has 0 N–H and O–H groups in total. The lowest BCUT2D eigenvalue weighted by Crippen LogP contribution is -2.48. The van der Waals surface area contributed by atoms with Gasteiger partial charge in [0.15, 0.2) is 17.3 Å². The average Bonchev–Trinajstić information content (AvgIpc) is 3.42. The number of ether oxygens (including phenoxy) is 2. The van der Waals surface area contributed by atoms with E-state index in [4.69, 9.17) is 9.47 Å². The van der Waals surface area contributed by atoms with Crippen LogP contribution in [0.3, 0.4) is 0 Å². The van der Waals surface area contributed by atoms with Crippen molar-refractivity contribution in [2.45, 2.75) is 25.6 Å². The SMILES string of the molecule is COc1ccc(CCn2nnnc2[C@H](c2ccccc2)N2CCN(Cc3ccccc3)CC2)cc1OC. The average molecular weight is 499 g/mol. The Hall–Kier alpha value is -3.75. The summed E-state index contributed by atoms with van der Waals surface area (Å²) in [5, 5.41) is 13.0. The number of aromatic nitrogens is 4. The van der Waals surface area contributed by atoms with Gasteiger partial charge in [-0.05, 0) is 45.7 Å². The molecule has 192 valence electrons. The van der Waals surface area contributed by atoms with Crippen molar-refractivity contribution in [3.05, 3.63) is 101 Å². The molecule has 2 heterocycles. The molecule has 1 saturated heterocycles. The summed E-state index contributed by atoms with van der Waals surface area (Å²) in [5.41, 5.74) is 3.71. The van der Waals surface area contributed by atoms with Gasteiger partial charge in [0.25, 0.3) is 0 Å². The second kappa shape index (κ2) is 12.0. The molecule has 37 heavy (non-hydrogen) atoms. The van der Waals surface area contributed by atoms with E-state index in [0.29, 0.717) is 6.54 Å². The van der Waals surface area contributed by atoms with Crippen LogP contribution in [0.5, 0.6) is 11.5 Å². The molecule has 0 unspecified atom stereocenters. The maximum Gasteiger partial charge on any atom is 0.173 e. The van der Waals surface area contributed by atoms with Crippen LogP contribution >= 0.6 is 0 Å². The van der Waals surface area contributed by atoms with Crippen molar-refractivity contribution in [3.63, 3.8) is 0 Å². The van der Waals surface area contributed by atoms with E-state index in [2.05, 4.69) is 92.1 Å². The first kappa shape index (κ1) is 24.9. The van der Waals surface area contributed by atoms with Gasteiger partial charge in [0.1, 0.15) is 0 Å². The standard InChI is InChI=1S/C29H34N6O2/c1-36-26-14-13-23(21-27(26)37-2)15-16-35-29(30-31-32-35)28(25-11-7-4-8-12-25)34-19-17-33(18-20-34)22-24-9-5-3-6-10-24/h3-14,21,28H,15-20,22H2,1-2H3/t28-/m0/s1. The number of aryl methyl sites for hydroxylation is 2. The van der Waals surface area contributed by atoms with E-state index in [1.807, 2.05) is 16.8 Å². The Morgan fingerprint density at radius 3 is 2.19 bits per heavy atom. The maximum atomic E-state index is 5.48. The number of piperazine rings is 1. The van der Waals surface area contributed by atoms with E-state index >= 15 is 0 Å². The molecule has 8 heteroatoms. The van der Waals surface area contributed by atoms with Crippen molar-refractivity contribution >= 4 is 0 Å². The lowest BCUT2D eigenvalue weighted by atomic mass is 10.0. The van der Waals surface area contributed by atoms with E-state index in [9.17, 15) is 0 Å². The largest absolute Gasteiger partial charge is 0.493 e. The third kappa shape index (κ3) is 5.98. The van der Waals surface area contributed by atoms with Crippen LogP contribution < -0.4 is 9.47 Å². The molecule has 0 aliphatic carbocycles. The summed E-state index contributed by atoms with van der Waals surface area (Å²) in [7, 11) is 3.31. The summed E-state index contributed by atoms with van der Waals surface area (Å²) in [4.78, 5) is 5.03. The minimum Gasteiger partial charge on any atom is -0.493 e. The fraction of sp³-hybridized carbons (Fsp3) is 0.345. The van der Waals surface area contributed by atoms with E-state index in [-0.39, 0.29) is 6.04 Å². The van der Waals surface area contributed by atoms with Gasteiger partial charge in [0.2, 0.25) is 0 Å². The quantitative estimate of drug-likeness (QED) is 0.329. The first-order valence-corrected chi connectivity index (χ1v) is 12.8. The van der Waals surface area contributed by atoms with Crippen molar-refractivity contribution in [1.29, 1.82) is 0 Å². The van der Waals surface area contributed by atoms with Crippen molar-refractivity contribution in [3.8, 4) is 11.5 Å². The lowest BCUT2D eigenvalue weighted by molar-refractivity contribution is 0.100. The predicted molar refractivity (Wildman–Crippen MR) is 143 cm³/mol. The summed E-state index contributed by atoms with van der Waals surface area (Å²) in [5.74, 6) is 2.33. The highest BCUT2D eigenvalue weighted by molar-refractivity contribution is 5.42. The number of hydrogen-bond acceptors (Lipinski definition) is 7. The molecule has 1 aliphatic rings. The topological polar surface area (TPSA) is 68.5 Å². The minimum absolute atomic E-state index is 0.000443. The number of tetrazole rings is 1. The van der Waals surface area contributed by atoms with Gasteiger partial charge >= 0.3 is 0 Å². The van der Waals surface area contributed by atoms with Crippen LogP contribution in [0.2, 0.25) is 0 Å². The lowest BCUT2D eigenvalue weighted by Gasteiger charge is -2.39. The van der Waals surface area contributed by atoms with E-state index < -0.39 is 0 Å². The van der Waals surface area contributed by atoms with Gasteiger partial charge in [-0.15, -0.1) is 5.10 Å². The van der Waals surface area contributed by atoms with Crippen LogP contribution in [0.15, 0.2) is 78.9 Å². The molecule has 0 amide bonds. The number of nitrogens with zero attached hydrogens (tertiary/aromatic N) is 6. The molecular formula is C29H34N6O2. The van der Waals surface area contributed by atoms with Crippen molar-refractivity contribution in [1.82, 2.24) is 30.0 Å². The molecule has 1 fully saturated rings. The molecule has 0 radical (unpaired) electrons. The fourth-order valence-corrected chi connectivity index (χ4v) is 5.02. The van der Waals surface area contributed by atoms with Gasteiger partial charge < -0.3 is 9.47 Å². The van der Waals surface area contributed by atoms with Crippen LogP contribution in [-0.4, -0.2) is 70.4 Å². The van der Waals surface area contributed by atoms with Crippen LogP contribution in [0.4, 0.5) is 0 Å². The second-order valence-electron chi connectivity index (χ2n) is 9.31. The highest BCUT2D eigenvalue weighted by Crippen LogP contribution is 2.30. The van der Waals surface area contributed by atoms with Gasteiger partial charge in [-0.1, -0.05) is 66.7 Å². The Bertz CT molecular complexity index is 1260. The van der Waals surface area contributed by atoms with Gasteiger partial charge in [-0.3, -0.25) is 9.80 Å². The van der Waals surface area contributed by atoms with E-state index in [0.717, 1.165) is 62.0 Å². The number of methoxy groups -OCH3 is 2. The predicted octanol–water partition coefficient (Wildman–Crippen LogP) is 3.84. The third-order valence-electron chi connectivity index (χ3n) is 7.00. The summed E-state index contributed by atoms with van der Waals surface area (Å²) in [6.45, 7) is 5.57. The van der Waals surface area contributed by atoms with Gasteiger partial charge in [0.05, 0.1) is 20.3 Å². The highest BCUT2D eigenvalue weighted by atomic mass is 16.5. The molecule has 1 aliphatic heterocycles. The monoisotopic (exact) mass is 498 g/mol. The molecule has 1 aromatic heterocycles. The Balaban J connectivity index is 1.32. The summed E-state index contributed by atoms with van der Waals surface area (Å²) < 4.78 is 12.8. The van der Waals surface area contributed by atoms with Gasteiger partial charge in [0, 0.05) is 39.3 Å². The highest BCUT2D eigenvalue weighted by Gasteiger charge is 2.30. The Morgan fingerprint density at radius 1 is 0.784 bits per heavy atom. The van der Waals surface area contributed by atoms with Crippen LogP contribution in [0.25, 0.3) is 0 Å². The summed E-state index contributed by atoms with van der Waals surface area (Å²) in [6, 6.07) is 27.3. The Labute approximate surface area is 218 Å². The maximum absolute atomic E-state index is 5.48. The second-order valence-corrected chi connectivity index (χ2v) is 9.31. The molecule has 0 spiro atoms. The zero-order valence-electron chi connectivity index (χ0n) is 21.5. The molecule has 0 saturated carbocycles. The molecule has 1 atom stereocenters. The Kier molecular flexibility index (Phi) is 8.08. The fourth-order valence-electron chi connectivity index (χ4n) is 5.02. The molecule has 8 nitrogen and oxygen atoms in total. The molecular weight excluding hydrogens is 464 g/mol. The first-order chi connectivity index (χ1) is 18.2. The number of hydrogen-bond donors (Lipinski definition) is 0. The smallest absolute Gasteiger partial charge is 0.173 e. The first-order valence-electron chi connectivity index (χ1n) is 12.8. The van der Waals surface area contributed by atoms with Crippen LogP contribution in [0.1, 0.15) is 28.6 Å².